The van der Waals surface area contributed by atoms with Gasteiger partial charge >= 0.3 is 5.97 Å². The number of carbonyl (C=O) groups excluding carboxylic acids is 1. The first-order valence-electron chi connectivity index (χ1n) is 7.47. The molecule has 0 aromatic heterocycles. The van der Waals surface area contributed by atoms with E-state index in [0.717, 1.165) is 5.56 Å². The number of hydrogen-bond donors (Lipinski definition) is 1. The Bertz CT molecular complexity index is 667. The smallest absolute Gasteiger partial charge is 0.313 e. The van der Waals surface area contributed by atoms with Gasteiger partial charge in [0.25, 0.3) is 0 Å². The molecule has 5 nitrogen and oxygen atoms in total. The molecule has 0 bridgehead atoms. The van der Waals surface area contributed by atoms with Gasteiger partial charge in [0.1, 0.15) is 5.41 Å². The summed E-state index contributed by atoms with van der Waals surface area (Å²) in [6.07, 6.45) is 0. The molecule has 2 aliphatic heterocycles. The Hall–Kier alpha value is -1.30. The summed E-state index contributed by atoms with van der Waals surface area (Å²) >= 11 is 12.1. The van der Waals surface area contributed by atoms with Crippen LogP contribution in [-0.2, 0) is 16.1 Å². The molecule has 2 fully saturated rings. The molecule has 124 valence electrons. The zero-order valence-corrected chi connectivity index (χ0v) is 14.3. The van der Waals surface area contributed by atoms with E-state index in [1.807, 2.05) is 6.07 Å². The Morgan fingerprint density at radius 3 is 2.61 bits per heavy atom. The van der Waals surface area contributed by atoms with Crippen molar-refractivity contribution in [3.63, 3.8) is 0 Å². The third-order valence-electron chi connectivity index (χ3n) is 4.96. The van der Waals surface area contributed by atoms with E-state index in [-0.39, 0.29) is 18.4 Å². The number of nitrogens with zero attached hydrogens (tertiary/aromatic N) is 2. The first-order valence-corrected chi connectivity index (χ1v) is 8.22. The minimum Gasteiger partial charge on any atom is -0.481 e. The van der Waals surface area contributed by atoms with Crippen LogP contribution in [0.5, 0.6) is 0 Å². The van der Waals surface area contributed by atoms with Crippen molar-refractivity contribution in [2.75, 3.05) is 26.2 Å². The lowest BCUT2D eigenvalue weighted by Gasteiger charge is -2.25. The van der Waals surface area contributed by atoms with Gasteiger partial charge in [-0.15, -0.1) is 0 Å². The van der Waals surface area contributed by atoms with Crippen LogP contribution < -0.4 is 0 Å². The zero-order valence-electron chi connectivity index (χ0n) is 12.8. The van der Waals surface area contributed by atoms with Crippen LogP contribution in [0.15, 0.2) is 18.2 Å². The summed E-state index contributed by atoms with van der Waals surface area (Å²) < 4.78 is 0. The summed E-state index contributed by atoms with van der Waals surface area (Å²) in [6, 6.07) is 5.35. The highest BCUT2D eigenvalue weighted by molar-refractivity contribution is 6.35. The lowest BCUT2D eigenvalue weighted by molar-refractivity contribution is -0.149. The van der Waals surface area contributed by atoms with Crippen molar-refractivity contribution in [2.45, 2.75) is 13.5 Å². The van der Waals surface area contributed by atoms with Crippen LogP contribution in [0.3, 0.4) is 0 Å². The quantitative estimate of drug-likeness (QED) is 0.902. The van der Waals surface area contributed by atoms with E-state index >= 15 is 0 Å². The van der Waals surface area contributed by atoms with E-state index in [1.165, 1.54) is 6.92 Å². The minimum atomic E-state index is -0.870. The van der Waals surface area contributed by atoms with Gasteiger partial charge in [-0.05, 0) is 17.7 Å². The summed E-state index contributed by atoms with van der Waals surface area (Å²) in [4.78, 5) is 27.2. The van der Waals surface area contributed by atoms with Crippen molar-refractivity contribution < 1.29 is 14.7 Å². The molecule has 0 unspecified atom stereocenters. The van der Waals surface area contributed by atoms with E-state index < -0.39 is 11.4 Å². The zero-order chi connectivity index (χ0) is 16.8. The molecular formula is C16H18Cl2N2O3. The molecule has 1 aromatic rings. The summed E-state index contributed by atoms with van der Waals surface area (Å²) in [6.45, 7) is 3.94. The second kappa shape index (κ2) is 5.96. The largest absolute Gasteiger partial charge is 0.481 e. The molecule has 2 aliphatic rings. The lowest BCUT2D eigenvalue weighted by Crippen LogP contribution is -2.41. The van der Waals surface area contributed by atoms with Gasteiger partial charge in [-0.2, -0.15) is 0 Å². The number of carbonyl (C=O) groups is 2. The Balaban J connectivity index is 1.77. The average molecular weight is 357 g/mol. The topological polar surface area (TPSA) is 60.9 Å². The Labute approximate surface area is 144 Å². The summed E-state index contributed by atoms with van der Waals surface area (Å²) in [5.74, 6) is -0.932. The monoisotopic (exact) mass is 356 g/mol. The molecule has 2 saturated heterocycles. The van der Waals surface area contributed by atoms with Crippen LogP contribution in [0.1, 0.15) is 12.5 Å². The van der Waals surface area contributed by atoms with E-state index in [4.69, 9.17) is 23.2 Å². The molecule has 23 heavy (non-hydrogen) atoms. The van der Waals surface area contributed by atoms with Gasteiger partial charge in [0, 0.05) is 55.6 Å². The summed E-state index contributed by atoms with van der Waals surface area (Å²) in [5.41, 5.74) is 0.0601. The van der Waals surface area contributed by atoms with Crippen molar-refractivity contribution in [1.82, 2.24) is 9.80 Å². The number of amides is 1. The number of aliphatic carboxylic acids is 1. The number of rotatable bonds is 3. The predicted octanol–water partition coefficient (Wildman–Crippen LogP) is 2.36. The molecule has 0 radical (unpaired) electrons. The van der Waals surface area contributed by atoms with E-state index in [2.05, 4.69) is 4.90 Å². The number of likely N-dealkylation sites (tertiary alicyclic amines) is 2. The highest BCUT2D eigenvalue weighted by Gasteiger charge is 2.58. The van der Waals surface area contributed by atoms with Gasteiger partial charge in [0.05, 0.1) is 0 Å². The number of hydrogen-bond acceptors (Lipinski definition) is 3. The maximum Gasteiger partial charge on any atom is 0.313 e. The Kier molecular flexibility index (Phi) is 4.29. The standard InChI is InChI=1S/C16H18Cl2N2O3/c1-10(21)20-7-12-6-19(8-16(12,9-20)15(22)23)5-11-2-3-13(17)4-14(11)18/h2-4,12H,5-9H2,1H3,(H,22,23)/t12-,16-/m0/s1. The molecule has 0 saturated carbocycles. The molecular weight excluding hydrogens is 339 g/mol. The van der Waals surface area contributed by atoms with Crippen LogP contribution in [0.25, 0.3) is 0 Å². The van der Waals surface area contributed by atoms with Crippen molar-refractivity contribution in [1.29, 1.82) is 0 Å². The van der Waals surface area contributed by atoms with Crippen molar-refractivity contribution in [3.8, 4) is 0 Å². The van der Waals surface area contributed by atoms with E-state index in [0.29, 0.717) is 36.2 Å². The molecule has 7 heteroatoms. The highest BCUT2D eigenvalue weighted by atomic mass is 35.5. The maximum absolute atomic E-state index is 11.9. The fourth-order valence-corrected chi connectivity index (χ4v) is 4.19. The SMILES string of the molecule is CC(=O)N1C[C@@H]2CN(Cc3ccc(Cl)cc3Cl)C[C@]2(C(=O)O)C1. The van der Waals surface area contributed by atoms with Gasteiger partial charge in [-0.3, -0.25) is 14.5 Å². The fourth-order valence-electron chi connectivity index (χ4n) is 3.72. The van der Waals surface area contributed by atoms with Crippen LogP contribution in [-0.4, -0.2) is 53.0 Å². The van der Waals surface area contributed by atoms with Gasteiger partial charge in [-0.1, -0.05) is 29.3 Å². The van der Waals surface area contributed by atoms with Gasteiger partial charge < -0.3 is 10.0 Å². The summed E-state index contributed by atoms with van der Waals surface area (Å²) in [7, 11) is 0. The normalized spacial score (nSPS) is 27.3. The van der Waals surface area contributed by atoms with Crippen LogP contribution in [0, 0.1) is 11.3 Å². The van der Waals surface area contributed by atoms with Gasteiger partial charge in [0.15, 0.2) is 0 Å². The number of benzene rings is 1. The predicted molar refractivity (Wildman–Crippen MR) is 87.6 cm³/mol. The third kappa shape index (κ3) is 2.93. The van der Waals surface area contributed by atoms with E-state index in [1.54, 1.807) is 17.0 Å². The summed E-state index contributed by atoms with van der Waals surface area (Å²) in [5, 5.41) is 10.9. The fraction of sp³-hybridized carbons (Fsp3) is 0.500. The highest BCUT2D eigenvalue weighted by Crippen LogP contribution is 2.43. The number of halogens is 2. The van der Waals surface area contributed by atoms with Gasteiger partial charge in [0.2, 0.25) is 5.91 Å². The maximum atomic E-state index is 11.9. The molecule has 1 amide bonds. The lowest BCUT2D eigenvalue weighted by atomic mass is 9.81. The van der Waals surface area contributed by atoms with Crippen molar-refractivity contribution >= 4 is 35.1 Å². The first kappa shape index (κ1) is 16.6. The van der Waals surface area contributed by atoms with Crippen LogP contribution >= 0.6 is 23.2 Å². The molecule has 1 N–H and O–H groups in total. The van der Waals surface area contributed by atoms with Crippen molar-refractivity contribution in [2.24, 2.45) is 11.3 Å². The molecule has 2 atom stereocenters. The Morgan fingerprint density at radius 1 is 1.30 bits per heavy atom. The average Bonchev–Trinajstić information content (AvgIpc) is 2.96. The molecule has 3 rings (SSSR count). The molecule has 0 spiro atoms. The Morgan fingerprint density at radius 2 is 2.04 bits per heavy atom. The van der Waals surface area contributed by atoms with E-state index in [9.17, 15) is 14.7 Å². The second-order valence-electron chi connectivity index (χ2n) is 6.46. The first-order chi connectivity index (χ1) is 10.8. The number of carboxylic acids is 1. The number of carboxylic acid groups (broad SMARTS) is 1. The minimum absolute atomic E-state index is 0.0463. The molecule has 0 aliphatic carbocycles. The van der Waals surface area contributed by atoms with Crippen LogP contribution in [0.2, 0.25) is 10.0 Å². The third-order valence-corrected chi connectivity index (χ3v) is 5.55. The second-order valence-corrected chi connectivity index (χ2v) is 7.31. The van der Waals surface area contributed by atoms with Gasteiger partial charge in [-0.25, -0.2) is 0 Å². The molecule has 2 heterocycles. The molecule has 1 aromatic carbocycles. The van der Waals surface area contributed by atoms with Crippen molar-refractivity contribution in [3.05, 3.63) is 33.8 Å². The van der Waals surface area contributed by atoms with Crippen LogP contribution in [0.4, 0.5) is 0 Å². The number of fused-ring (bicyclic) bond motifs is 1.